The zero-order chi connectivity index (χ0) is 18.6. The van der Waals surface area contributed by atoms with Crippen LogP contribution in [0.3, 0.4) is 0 Å². The largest absolute Gasteiger partial charge is 0.466 e. The van der Waals surface area contributed by atoms with Gasteiger partial charge in [-0.3, -0.25) is 19.7 Å². The number of non-ortho nitro benzene ring substituents is 1. The molecule has 2 saturated heterocycles. The minimum Gasteiger partial charge on any atom is -0.466 e. The number of hydrogen-bond donors (Lipinski definition) is 2. The Kier molecular flexibility index (Phi) is 3.76. The van der Waals surface area contributed by atoms with E-state index in [0.717, 1.165) is 24.3 Å². The van der Waals surface area contributed by atoms with Crippen LogP contribution in [0, 0.1) is 23.0 Å². The number of nitro groups is 1. The van der Waals surface area contributed by atoms with E-state index in [1.54, 1.807) is 13.8 Å². The molecule has 0 bridgehead atoms. The number of nitro benzene ring substituents is 1. The van der Waals surface area contributed by atoms with Gasteiger partial charge in [-0.25, -0.2) is 0 Å². The normalized spacial score (nSPS) is 31.6. The molecule has 2 fully saturated rings. The van der Waals surface area contributed by atoms with Crippen LogP contribution >= 0.6 is 0 Å². The van der Waals surface area contributed by atoms with Crippen LogP contribution in [-0.4, -0.2) is 36.0 Å². The van der Waals surface area contributed by atoms with Gasteiger partial charge < -0.3 is 15.0 Å². The SMILES string of the molecule is CCOC(=O)[C@H]1C[C@@]2(C(=O)Nc3c(C)cc([N+](=O)[O-])cc32)[NH+]2CCC[C@H]12. The Balaban J connectivity index is 1.86. The first-order chi connectivity index (χ1) is 12.4. The minimum atomic E-state index is -0.940. The van der Waals surface area contributed by atoms with Gasteiger partial charge in [-0.2, -0.15) is 0 Å². The van der Waals surface area contributed by atoms with Crippen LogP contribution in [0.4, 0.5) is 11.4 Å². The number of nitrogens with zero attached hydrogens (tertiary/aromatic N) is 1. The first kappa shape index (κ1) is 17.0. The molecule has 1 spiro atoms. The molecule has 1 aromatic carbocycles. The van der Waals surface area contributed by atoms with Gasteiger partial charge in [0.15, 0.2) is 0 Å². The number of rotatable bonds is 3. The summed E-state index contributed by atoms with van der Waals surface area (Å²) in [4.78, 5) is 37.6. The second-order valence-electron chi connectivity index (χ2n) is 7.39. The van der Waals surface area contributed by atoms with Crippen molar-refractivity contribution in [1.82, 2.24) is 0 Å². The van der Waals surface area contributed by atoms with E-state index >= 15 is 0 Å². The number of carbonyl (C=O) groups excluding carboxylic acids is 2. The lowest BCUT2D eigenvalue weighted by Gasteiger charge is -2.29. The van der Waals surface area contributed by atoms with Gasteiger partial charge in [-0.05, 0) is 19.4 Å². The number of hydrogen-bond acceptors (Lipinski definition) is 5. The van der Waals surface area contributed by atoms with Crippen molar-refractivity contribution in [3.8, 4) is 0 Å². The summed E-state index contributed by atoms with van der Waals surface area (Å²) < 4.78 is 5.25. The van der Waals surface area contributed by atoms with Crippen molar-refractivity contribution in [3.05, 3.63) is 33.4 Å². The number of fused-ring (bicyclic) bond motifs is 4. The van der Waals surface area contributed by atoms with Crippen LogP contribution in [0.1, 0.15) is 37.3 Å². The van der Waals surface area contributed by atoms with E-state index in [1.165, 1.54) is 12.1 Å². The molecule has 1 aromatic rings. The number of aryl methyl sites for hydroxylation is 1. The summed E-state index contributed by atoms with van der Waals surface area (Å²) in [6.45, 7) is 4.61. The van der Waals surface area contributed by atoms with E-state index in [0.29, 0.717) is 29.8 Å². The van der Waals surface area contributed by atoms with E-state index < -0.39 is 10.5 Å². The van der Waals surface area contributed by atoms with Crippen LogP contribution in [0.25, 0.3) is 0 Å². The zero-order valence-electron chi connectivity index (χ0n) is 14.8. The third kappa shape index (κ3) is 2.11. The second-order valence-corrected chi connectivity index (χ2v) is 7.39. The summed E-state index contributed by atoms with van der Waals surface area (Å²) >= 11 is 0. The quantitative estimate of drug-likeness (QED) is 0.469. The molecule has 0 aromatic heterocycles. The Morgan fingerprint density at radius 1 is 1.50 bits per heavy atom. The predicted molar refractivity (Wildman–Crippen MR) is 91.7 cm³/mol. The minimum absolute atomic E-state index is 0.0188. The number of nitrogens with one attached hydrogen (secondary N) is 2. The molecule has 0 saturated carbocycles. The van der Waals surface area contributed by atoms with Gasteiger partial charge in [0.05, 0.1) is 29.3 Å². The molecule has 3 heterocycles. The average Bonchev–Trinajstić information content (AvgIpc) is 3.24. The number of ether oxygens (including phenoxy) is 1. The molecule has 2 N–H and O–H groups in total. The summed E-state index contributed by atoms with van der Waals surface area (Å²) in [5, 5.41) is 14.3. The van der Waals surface area contributed by atoms with Crippen molar-refractivity contribution in [2.75, 3.05) is 18.5 Å². The topological polar surface area (TPSA) is 103 Å². The zero-order valence-corrected chi connectivity index (χ0v) is 14.8. The smallest absolute Gasteiger partial charge is 0.315 e. The van der Waals surface area contributed by atoms with Crippen molar-refractivity contribution < 1.29 is 24.1 Å². The number of anilines is 1. The highest BCUT2D eigenvalue weighted by Gasteiger charge is 2.67. The molecular weight excluding hydrogens is 338 g/mol. The summed E-state index contributed by atoms with van der Waals surface area (Å²) in [6, 6.07) is 3.01. The highest BCUT2D eigenvalue weighted by molar-refractivity contribution is 6.06. The van der Waals surface area contributed by atoms with E-state index in [9.17, 15) is 19.7 Å². The Labute approximate surface area is 150 Å². The van der Waals surface area contributed by atoms with Crippen LogP contribution in [0.15, 0.2) is 12.1 Å². The highest BCUT2D eigenvalue weighted by atomic mass is 16.6. The lowest BCUT2D eigenvalue weighted by atomic mass is 9.83. The molecule has 1 unspecified atom stereocenters. The molecule has 4 rings (SSSR count). The predicted octanol–water partition coefficient (Wildman–Crippen LogP) is 0.681. The van der Waals surface area contributed by atoms with Crippen molar-refractivity contribution >= 4 is 23.3 Å². The maximum atomic E-state index is 13.1. The molecule has 138 valence electrons. The monoisotopic (exact) mass is 360 g/mol. The Morgan fingerprint density at radius 3 is 2.96 bits per heavy atom. The molecule has 26 heavy (non-hydrogen) atoms. The van der Waals surface area contributed by atoms with Gasteiger partial charge in [-0.1, -0.05) is 0 Å². The summed E-state index contributed by atoms with van der Waals surface area (Å²) in [5.74, 6) is -0.786. The molecule has 8 heteroatoms. The first-order valence-corrected chi connectivity index (χ1v) is 9.04. The molecule has 0 aliphatic carbocycles. The Bertz CT molecular complexity index is 823. The molecule has 4 atom stereocenters. The Morgan fingerprint density at radius 2 is 2.27 bits per heavy atom. The summed E-state index contributed by atoms with van der Waals surface area (Å²) in [6.07, 6.45) is 2.12. The first-order valence-electron chi connectivity index (χ1n) is 9.04. The number of benzene rings is 1. The van der Waals surface area contributed by atoms with Crippen molar-refractivity contribution in [2.45, 2.75) is 44.7 Å². The molecule has 0 radical (unpaired) electrons. The number of quaternary nitrogens is 1. The van der Waals surface area contributed by atoms with Crippen LogP contribution in [-0.2, 0) is 19.9 Å². The summed E-state index contributed by atoms with van der Waals surface area (Å²) in [5.41, 5.74) is 1.03. The van der Waals surface area contributed by atoms with Gasteiger partial charge in [0.25, 0.3) is 11.6 Å². The summed E-state index contributed by atoms with van der Waals surface area (Å²) in [7, 11) is 0. The van der Waals surface area contributed by atoms with Crippen molar-refractivity contribution in [3.63, 3.8) is 0 Å². The maximum Gasteiger partial charge on any atom is 0.315 e. The number of amides is 1. The third-order valence-electron chi connectivity index (χ3n) is 6.18. The van der Waals surface area contributed by atoms with Crippen molar-refractivity contribution in [1.29, 1.82) is 0 Å². The molecule has 3 aliphatic rings. The number of esters is 1. The standard InChI is InChI=1S/C18H21N3O5/c1-3-26-16(22)12-9-18(20-6-4-5-14(12)20)13-8-11(21(24)25)7-10(2)15(13)19-17(18)23/h7-8,12,14H,3-6,9H2,1-2H3,(H,19,23)/p+1/t12-,14+,18+/m0/s1. The van der Waals surface area contributed by atoms with Gasteiger partial charge in [0.1, 0.15) is 12.0 Å². The van der Waals surface area contributed by atoms with Gasteiger partial charge in [0, 0.05) is 31.4 Å². The fourth-order valence-corrected chi connectivity index (χ4v) is 5.19. The van der Waals surface area contributed by atoms with Gasteiger partial charge in [-0.15, -0.1) is 0 Å². The molecule has 8 nitrogen and oxygen atoms in total. The Hall–Kier alpha value is -2.48. The maximum absolute atomic E-state index is 13.1. The molecule has 1 amide bonds. The fraction of sp³-hybridized carbons (Fsp3) is 0.556. The van der Waals surface area contributed by atoms with Crippen LogP contribution in [0.5, 0.6) is 0 Å². The second kappa shape index (κ2) is 5.77. The highest BCUT2D eigenvalue weighted by Crippen LogP contribution is 2.46. The van der Waals surface area contributed by atoms with E-state index in [1.807, 2.05) is 0 Å². The van der Waals surface area contributed by atoms with Crippen molar-refractivity contribution in [2.24, 2.45) is 5.92 Å². The third-order valence-corrected chi connectivity index (χ3v) is 6.18. The van der Waals surface area contributed by atoms with Crippen LogP contribution in [0.2, 0.25) is 0 Å². The van der Waals surface area contributed by atoms with Gasteiger partial charge in [0.2, 0.25) is 5.54 Å². The lowest BCUT2D eigenvalue weighted by Crippen LogP contribution is -3.19. The number of carbonyl (C=O) groups is 2. The lowest BCUT2D eigenvalue weighted by molar-refractivity contribution is -0.947. The van der Waals surface area contributed by atoms with Gasteiger partial charge >= 0.3 is 5.97 Å². The fourth-order valence-electron chi connectivity index (χ4n) is 5.19. The molecular formula is C18H22N3O5+. The van der Waals surface area contributed by atoms with E-state index in [-0.39, 0.29) is 29.5 Å². The van der Waals surface area contributed by atoms with E-state index in [2.05, 4.69) is 5.32 Å². The van der Waals surface area contributed by atoms with Crippen LogP contribution < -0.4 is 10.2 Å². The molecule has 3 aliphatic heterocycles. The average molecular weight is 360 g/mol. The van der Waals surface area contributed by atoms with E-state index in [4.69, 9.17) is 4.74 Å².